The van der Waals surface area contributed by atoms with Crippen molar-refractivity contribution in [1.29, 1.82) is 0 Å². The third-order valence-electron chi connectivity index (χ3n) is 5.07. The normalized spacial score (nSPS) is 18.1. The molecule has 2 aliphatic heterocycles. The molecule has 0 N–H and O–H groups in total. The van der Waals surface area contributed by atoms with Crippen molar-refractivity contribution in [2.75, 3.05) is 36.0 Å². The Labute approximate surface area is 185 Å². The molecule has 1 atom stereocenters. The lowest BCUT2D eigenvalue weighted by atomic mass is 10.1. The highest BCUT2D eigenvalue weighted by molar-refractivity contribution is 5.90. The molecule has 0 saturated carbocycles. The SMILES string of the molecule is C=NN(/C=C\C)CC1CN(c2ccc(-c3ccc(N4C=NOCC4)nc3)c(F)c2)C(=O)O1. The number of hydrazone groups is 1. The Hall–Kier alpha value is -3.95. The first-order valence-corrected chi connectivity index (χ1v) is 10.1. The standard InChI is InChI=1S/C22H23FN6O3/c1-3-8-28(24-2)13-18-14-29(22(30)32-18)17-5-6-19(20(23)11-17)16-4-7-21(25-12-16)27-9-10-31-26-15-27/h3-8,11-12,15,18H,2,9-10,13-14H2,1H3/b8-3-. The van der Waals surface area contributed by atoms with Gasteiger partial charge in [0.05, 0.1) is 25.3 Å². The molecule has 1 unspecified atom stereocenters. The molecule has 32 heavy (non-hydrogen) atoms. The van der Waals surface area contributed by atoms with Crippen molar-refractivity contribution in [3.63, 3.8) is 0 Å². The van der Waals surface area contributed by atoms with Gasteiger partial charge in [-0.1, -0.05) is 11.2 Å². The molecule has 166 valence electrons. The molecule has 4 rings (SSSR count). The molecule has 1 aromatic heterocycles. The van der Waals surface area contributed by atoms with E-state index in [2.05, 4.69) is 22.0 Å². The Kier molecular flexibility index (Phi) is 6.29. The van der Waals surface area contributed by atoms with E-state index in [1.54, 1.807) is 48.0 Å². The van der Waals surface area contributed by atoms with Crippen LogP contribution in [0.1, 0.15) is 6.92 Å². The van der Waals surface area contributed by atoms with Gasteiger partial charge in [-0.3, -0.25) is 9.91 Å². The van der Waals surface area contributed by atoms with Gasteiger partial charge in [-0.25, -0.2) is 14.2 Å². The van der Waals surface area contributed by atoms with Gasteiger partial charge >= 0.3 is 6.09 Å². The zero-order valence-electron chi connectivity index (χ0n) is 17.6. The first kappa shape index (κ1) is 21.3. The van der Waals surface area contributed by atoms with Crippen molar-refractivity contribution in [3.8, 4) is 11.1 Å². The van der Waals surface area contributed by atoms with E-state index in [1.165, 1.54) is 11.0 Å². The van der Waals surface area contributed by atoms with Crippen molar-refractivity contribution in [3.05, 3.63) is 54.6 Å². The number of hydrogen-bond acceptors (Lipinski definition) is 8. The number of benzene rings is 1. The number of hydrogen-bond donors (Lipinski definition) is 0. The van der Waals surface area contributed by atoms with Gasteiger partial charge in [0.1, 0.15) is 30.7 Å². The summed E-state index contributed by atoms with van der Waals surface area (Å²) in [6, 6.07) is 8.25. The van der Waals surface area contributed by atoms with E-state index >= 15 is 0 Å². The summed E-state index contributed by atoms with van der Waals surface area (Å²) in [5.74, 6) is 0.245. The highest BCUT2D eigenvalue weighted by atomic mass is 19.1. The van der Waals surface area contributed by atoms with Gasteiger partial charge in [-0.2, -0.15) is 5.10 Å². The molecule has 1 amide bonds. The fourth-order valence-electron chi connectivity index (χ4n) is 3.51. The number of amides is 1. The molecule has 1 saturated heterocycles. The second-order valence-corrected chi connectivity index (χ2v) is 7.18. The van der Waals surface area contributed by atoms with E-state index in [9.17, 15) is 9.18 Å². The number of anilines is 2. The van der Waals surface area contributed by atoms with Gasteiger partial charge in [-0.15, -0.1) is 0 Å². The fraction of sp³-hybridized carbons (Fsp3) is 0.273. The summed E-state index contributed by atoms with van der Waals surface area (Å²) in [5.41, 5.74) is 1.45. The van der Waals surface area contributed by atoms with E-state index in [-0.39, 0.29) is 0 Å². The predicted molar refractivity (Wildman–Crippen MR) is 120 cm³/mol. The number of allylic oxidation sites excluding steroid dienone is 1. The van der Waals surface area contributed by atoms with E-state index < -0.39 is 18.0 Å². The van der Waals surface area contributed by atoms with Crippen LogP contribution in [0.25, 0.3) is 11.1 Å². The molecule has 1 fully saturated rings. The molecular weight excluding hydrogens is 415 g/mol. The summed E-state index contributed by atoms with van der Waals surface area (Å²) in [4.78, 5) is 24.9. The van der Waals surface area contributed by atoms with Crippen LogP contribution < -0.4 is 9.80 Å². The van der Waals surface area contributed by atoms with Crippen molar-refractivity contribution in [2.45, 2.75) is 13.0 Å². The van der Waals surface area contributed by atoms with Crippen LogP contribution in [0.4, 0.5) is 20.7 Å². The highest BCUT2D eigenvalue weighted by Crippen LogP contribution is 2.29. The Morgan fingerprint density at radius 2 is 2.25 bits per heavy atom. The van der Waals surface area contributed by atoms with Crippen LogP contribution in [0, 0.1) is 5.82 Å². The minimum Gasteiger partial charge on any atom is -0.442 e. The Bertz CT molecular complexity index is 1040. The van der Waals surface area contributed by atoms with Gasteiger partial charge in [0.2, 0.25) is 0 Å². The van der Waals surface area contributed by atoms with Crippen LogP contribution in [0.15, 0.2) is 59.1 Å². The monoisotopic (exact) mass is 438 g/mol. The number of aromatic nitrogens is 1. The smallest absolute Gasteiger partial charge is 0.414 e. The van der Waals surface area contributed by atoms with E-state index in [0.717, 1.165) is 0 Å². The van der Waals surface area contributed by atoms with Crippen molar-refractivity contribution in [1.82, 2.24) is 9.99 Å². The van der Waals surface area contributed by atoms with Crippen molar-refractivity contribution < 1.29 is 18.8 Å². The number of carbonyl (C=O) groups excluding carboxylic acids is 1. The number of nitrogens with zero attached hydrogens (tertiary/aromatic N) is 6. The average molecular weight is 438 g/mol. The van der Waals surface area contributed by atoms with Crippen LogP contribution in [0.3, 0.4) is 0 Å². The molecule has 1 aromatic carbocycles. The topological polar surface area (TPSA) is 82.9 Å². The summed E-state index contributed by atoms with van der Waals surface area (Å²) in [5, 5.41) is 9.21. The Morgan fingerprint density at radius 3 is 2.91 bits per heavy atom. The van der Waals surface area contributed by atoms with Gasteiger partial charge in [0.15, 0.2) is 0 Å². The molecular formula is C22H23FN6O3. The first-order chi connectivity index (χ1) is 15.6. The minimum atomic E-state index is -0.523. The first-order valence-electron chi connectivity index (χ1n) is 10.1. The second kappa shape index (κ2) is 9.46. The van der Waals surface area contributed by atoms with Gasteiger partial charge in [0, 0.05) is 30.2 Å². The fourth-order valence-corrected chi connectivity index (χ4v) is 3.51. The van der Waals surface area contributed by atoms with Crippen LogP contribution in [-0.4, -0.2) is 61.5 Å². The lowest BCUT2D eigenvalue weighted by Gasteiger charge is -2.21. The van der Waals surface area contributed by atoms with Gasteiger partial charge in [0.25, 0.3) is 0 Å². The number of cyclic esters (lactones) is 1. The number of pyridine rings is 1. The van der Waals surface area contributed by atoms with Gasteiger partial charge in [-0.05, 0) is 37.3 Å². The lowest BCUT2D eigenvalue weighted by molar-refractivity contribution is 0.123. The summed E-state index contributed by atoms with van der Waals surface area (Å²) in [6.07, 6.45) is 5.79. The maximum absolute atomic E-state index is 14.9. The summed E-state index contributed by atoms with van der Waals surface area (Å²) in [6.45, 7) is 7.13. The largest absolute Gasteiger partial charge is 0.442 e. The van der Waals surface area contributed by atoms with Crippen molar-refractivity contribution in [2.24, 2.45) is 10.3 Å². The quantitative estimate of drug-likeness (QED) is 0.487. The second-order valence-electron chi connectivity index (χ2n) is 7.18. The lowest BCUT2D eigenvalue weighted by Crippen LogP contribution is -2.29. The Morgan fingerprint density at radius 1 is 1.38 bits per heavy atom. The molecule has 9 nitrogen and oxygen atoms in total. The third kappa shape index (κ3) is 4.53. The van der Waals surface area contributed by atoms with Crippen LogP contribution in [0.5, 0.6) is 0 Å². The highest BCUT2D eigenvalue weighted by Gasteiger charge is 2.33. The number of rotatable bonds is 7. The summed E-state index contributed by atoms with van der Waals surface area (Å²) >= 11 is 0. The molecule has 2 aliphatic rings. The maximum atomic E-state index is 14.9. The average Bonchev–Trinajstić information content (AvgIpc) is 3.19. The summed E-state index contributed by atoms with van der Waals surface area (Å²) < 4.78 is 20.3. The Balaban J connectivity index is 1.47. The number of ether oxygens (including phenoxy) is 1. The number of halogens is 1. The molecule has 0 spiro atoms. The predicted octanol–water partition coefficient (Wildman–Crippen LogP) is 3.44. The number of carbonyl (C=O) groups is 1. The van der Waals surface area contributed by atoms with Gasteiger partial charge < -0.3 is 14.5 Å². The maximum Gasteiger partial charge on any atom is 0.414 e. The third-order valence-corrected chi connectivity index (χ3v) is 5.07. The zero-order valence-corrected chi connectivity index (χ0v) is 17.6. The number of oxime groups is 1. The van der Waals surface area contributed by atoms with Crippen LogP contribution in [0.2, 0.25) is 0 Å². The van der Waals surface area contributed by atoms with Crippen LogP contribution >= 0.6 is 0 Å². The van der Waals surface area contributed by atoms with E-state index in [4.69, 9.17) is 9.57 Å². The van der Waals surface area contributed by atoms with Crippen molar-refractivity contribution >= 4 is 30.7 Å². The summed E-state index contributed by atoms with van der Waals surface area (Å²) in [7, 11) is 0. The molecule has 0 radical (unpaired) electrons. The molecule has 2 aromatic rings. The molecule has 3 heterocycles. The minimum absolute atomic E-state index is 0.290. The zero-order chi connectivity index (χ0) is 22.5. The van der Waals surface area contributed by atoms with E-state index in [1.807, 2.05) is 17.9 Å². The molecule has 0 aliphatic carbocycles. The molecule has 10 heteroatoms. The van der Waals surface area contributed by atoms with E-state index in [0.29, 0.717) is 48.9 Å². The molecule has 0 bridgehead atoms. The van der Waals surface area contributed by atoms with Crippen LogP contribution in [-0.2, 0) is 9.57 Å².